The molecule has 0 spiro atoms. The van der Waals surface area contributed by atoms with Crippen molar-refractivity contribution in [3.05, 3.63) is 65.2 Å². The molecule has 0 unspecified atom stereocenters. The number of nitriles is 1. The summed E-state index contributed by atoms with van der Waals surface area (Å²) in [4.78, 5) is 12.7. The molecule has 0 saturated carbocycles. The van der Waals surface area contributed by atoms with E-state index < -0.39 is 5.54 Å². The largest absolute Gasteiger partial charge is 0.496 e. The maximum atomic E-state index is 12.7. The first kappa shape index (κ1) is 24.0. The first-order chi connectivity index (χ1) is 14.5. The molecule has 0 bridgehead atoms. The first-order valence-electron chi connectivity index (χ1n) is 10.3. The Morgan fingerprint density at radius 2 is 1.77 bits per heavy atom. The zero-order valence-corrected chi connectivity index (χ0v) is 19.3. The molecular weight excluding hydrogens is 388 g/mol. The van der Waals surface area contributed by atoms with Gasteiger partial charge in [0.15, 0.2) is 0 Å². The Labute approximate surface area is 185 Å². The molecule has 0 aliphatic carbocycles. The molecule has 2 aromatic rings. The van der Waals surface area contributed by atoms with E-state index in [0.29, 0.717) is 12.4 Å². The van der Waals surface area contributed by atoms with Gasteiger partial charge in [-0.05, 0) is 61.6 Å². The number of nitrogens with zero attached hydrogens (tertiary/aromatic N) is 1. The van der Waals surface area contributed by atoms with Gasteiger partial charge in [0, 0.05) is 11.1 Å². The number of methoxy groups -OCH3 is 1. The maximum absolute atomic E-state index is 12.7. The van der Waals surface area contributed by atoms with Gasteiger partial charge in [-0.25, -0.2) is 0 Å². The van der Waals surface area contributed by atoms with Crippen LogP contribution < -0.4 is 14.8 Å². The van der Waals surface area contributed by atoms with Crippen molar-refractivity contribution in [3.63, 3.8) is 0 Å². The fourth-order valence-corrected chi connectivity index (χ4v) is 3.74. The molecule has 0 aromatic heterocycles. The third-order valence-electron chi connectivity index (χ3n) is 4.54. The van der Waals surface area contributed by atoms with E-state index in [1.54, 1.807) is 13.2 Å². The van der Waals surface area contributed by atoms with Gasteiger partial charge < -0.3 is 14.8 Å². The molecule has 0 atom stereocenters. The second-order valence-corrected chi connectivity index (χ2v) is 9.42. The second-order valence-electron chi connectivity index (χ2n) is 9.42. The molecule has 1 amide bonds. The number of ether oxygens (including phenoxy) is 2. The lowest BCUT2D eigenvalue weighted by Gasteiger charge is -2.33. The highest BCUT2D eigenvalue weighted by molar-refractivity contribution is 6.02. The highest BCUT2D eigenvalue weighted by Crippen LogP contribution is 2.27. The van der Waals surface area contributed by atoms with Crippen LogP contribution >= 0.6 is 0 Å². The quantitative estimate of drug-likeness (QED) is 0.451. The molecule has 2 rings (SSSR count). The van der Waals surface area contributed by atoms with Gasteiger partial charge in [0.1, 0.15) is 29.7 Å². The number of benzene rings is 2. The van der Waals surface area contributed by atoms with Crippen LogP contribution in [-0.2, 0) is 11.4 Å². The molecule has 0 saturated heterocycles. The van der Waals surface area contributed by atoms with Crippen molar-refractivity contribution in [2.75, 3.05) is 7.11 Å². The van der Waals surface area contributed by atoms with Crippen molar-refractivity contribution < 1.29 is 14.3 Å². The summed E-state index contributed by atoms with van der Waals surface area (Å²) in [5.41, 5.74) is 1.23. The fourth-order valence-electron chi connectivity index (χ4n) is 3.74. The number of carbonyl (C=O) groups is 1. The number of para-hydroxylation sites is 1. The number of hydrogen-bond donors (Lipinski definition) is 1. The number of nitrogens with one attached hydrogen (secondary N) is 1. The van der Waals surface area contributed by atoms with Crippen LogP contribution in [0.25, 0.3) is 6.08 Å². The van der Waals surface area contributed by atoms with Crippen LogP contribution in [-0.4, -0.2) is 18.6 Å². The fraction of sp³-hybridized carbons (Fsp3) is 0.385. The van der Waals surface area contributed by atoms with E-state index in [1.165, 1.54) is 0 Å². The van der Waals surface area contributed by atoms with Crippen molar-refractivity contribution in [1.82, 2.24) is 5.32 Å². The van der Waals surface area contributed by atoms with E-state index in [0.717, 1.165) is 23.3 Å². The molecule has 0 heterocycles. The molecule has 0 radical (unpaired) electrons. The summed E-state index contributed by atoms with van der Waals surface area (Å²) >= 11 is 0. The summed E-state index contributed by atoms with van der Waals surface area (Å²) < 4.78 is 11.3. The average molecular weight is 421 g/mol. The SMILES string of the molecule is COc1ccc(/C=C(\C#N)C(=O)NC(C)(C)CC(C)(C)C)cc1COc1ccccc1. The van der Waals surface area contributed by atoms with Gasteiger partial charge >= 0.3 is 0 Å². The number of hydrogen-bond acceptors (Lipinski definition) is 4. The number of carbonyl (C=O) groups excluding carboxylic acids is 1. The lowest BCUT2D eigenvalue weighted by Crippen LogP contribution is -2.46. The smallest absolute Gasteiger partial charge is 0.262 e. The molecule has 164 valence electrons. The Morgan fingerprint density at radius 1 is 1.10 bits per heavy atom. The summed E-state index contributed by atoms with van der Waals surface area (Å²) in [7, 11) is 1.60. The summed E-state index contributed by atoms with van der Waals surface area (Å²) in [6.45, 7) is 10.6. The first-order valence-corrected chi connectivity index (χ1v) is 10.3. The van der Waals surface area contributed by atoms with Gasteiger partial charge in [0.2, 0.25) is 0 Å². The van der Waals surface area contributed by atoms with Crippen LogP contribution in [0.5, 0.6) is 11.5 Å². The molecule has 0 fully saturated rings. The molecule has 31 heavy (non-hydrogen) atoms. The Bertz CT molecular complexity index is 964. The zero-order chi connectivity index (χ0) is 23.1. The molecule has 5 nitrogen and oxygen atoms in total. The van der Waals surface area contributed by atoms with Crippen LogP contribution in [0.3, 0.4) is 0 Å². The van der Waals surface area contributed by atoms with Gasteiger partial charge in [-0.1, -0.05) is 45.0 Å². The lowest BCUT2D eigenvalue weighted by atomic mass is 9.81. The Morgan fingerprint density at radius 3 is 2.35 bits per heavy atom. The van der Waals surface area contributed by atoms with E-state index in [9.17, 15) is 10.1 Å². The maximum Gasteiger partial charge on any atom is 0.262 e. The Balaban J connectivity index is 2.21. The van der Waals surface area contributed by atoms with Crippen LogP contribution in [0.1, 0.15) is 52.2 Å². The van der Waals surface area contributed by atoms with Crippen molar-refractivity contribution in [2.24, 2.45) is 5.41 Å². The highest BCUT2D eigenvalue weighted by atomic mass is 16.5. The van der Waals surface area contributed by atoms with E-state index in [1.807, 2.05) is 68.4 Å². The van der Waals surface area contributed by atoms with Gasteiger partial charge in [-0.3, -0.25) is 4.79 Å². The minimum atomic E-state index is -0.431. The van der Waals surface area contributed by atoms with Crippen molar-refractivity contribution in [1.29, 1.82) is 5.26 Å². The van der Waals surface area contributed by atoms with Crippen LogP contribution in [0.15, 0.2) is 54.1 Å². The number of rotatable bonds is 8. The molecule has 2 aromatic carbocycles. The second kappa shape index (κ2) is 10.2. The zero-order valence-electron chi connectivity index (χ0n) is 19.3. The minimum Gasteiger partial charge on any atom is -0.496 e. The molecule has 1 N–H and O–H groups in total. The van der Waals surface area contributed by atoms with E-state index in [2.05, 4.69) is 26.1 Å². The van der Waals surface area contributed by atoms with Gasteiger partial charge in [0.05, 0.1) is 7.11 Å². The monoisotopic (exact) mass is 420 g/mol. The van der Waals surface area contributed by atoms with E-state index in [4.69, 9.17) is 9.47 Å². The van der Waals surface area contributed by atoms with Crippen molar-refractivity contribution in [3.8, 4) is 17.6 Å². The lowest BCUT2D eigenvalue weighted by molar-refractivity contribution is -0.118. The van der Waals surface area contributed by atoms with Crippen LogP contribution in [0.2, 0.25) is 0 Å². The molecule has 0 aliphatic heterocycles. The predicted molar refractivity (Wildman–Crippen MR) is 124 cm³/mol. The third-order valence-corrected chi connectivity index (χ3v) is 4.54. The molecular formula is C26H32N2O3. The molecule has 5 heteroatoms. The van der Waals surface area contributed by atoms with E-state index >= 15 is 0 Å². The third kappa shape index (κ3) is 7.82. The normalized spacial score (nSPS) is 12.1. The summed E-state index contributed by atoms with van der Waals surface area (Å²) in [6.07, 6.45) is 2.38. The van der Waals surface area contributed by atoms with Crippen LogP contribution in [0, 0.1) is 16.7 Å². The summed E-state index contributed by atoms with van der Waals surface area (Å²) in [5, 5.41) is 12.6. The van der Waals surface area contributed by atoms with E-state index in [-0.39, 0.29) is 16.9 Å². The predicted octanol–water partition coefficient (Wildman–Crippen LogP) is 5.51. The van der Waals surface area contributed by atoms with Gasteiger partial charge in [-0.15, -0.1) is 0 Å². The number of amides is 1. The summed E-state index contributed by atoms with van der Waals surface area (Å²) in [5.74, 6) is 1.06. The van der Waals surface area contributed by atoms with Crippen LogP contribution in [0.4, 0.5) is 0 Å². The standard InChI is InChI=1S/C26H32N2O3/c1-25(2,3)18-26(4,5)28-24(29)20(16-27)14-19-12-13-23(30-6)21(15-19)17-31-22-10-8-7-9-11-22/h7-15H,17-18H2,1-6H3,(H,28,29)/b20-14+. The van der Waals surface area contributed by atoms with Gasteiger partial charge in [-0.2, -0.15) is 5.26 Å². The topological polar surface area (TPSA) is 71.3 Å². The highest BCUT2D eigenvalue weighted by Gasteiger charge is 2.28. The average Bonchev–Trinajstić information content (AvgIpc) is 2.69. The Hall–Kier alpha value is -3.26. The minimum absolute atomic E-state index is 0.0525. The summed E-state index contributed by atoms with van der Waals surface area (Å²) in [6, 6.07) is 17.0. The molecule has 0 aliphatic rings. The van der Waals surface area contributed by atoms with Gasteiger partial charge in [0.25, 0.3) is 5.91 Å². The van der Waals surface area contributed by atoms with Crippen molar-refractivity contribution in [2.45, 2.75) is 53.2 Å². The Kier molecular flexibility index (Phi) is 7.88. The van der Waals surface area contributed by atoms with Crippen molar-refractivity contribution >= 4 is 12.0 Å².